The molecule has 0 aliphatic carbocycles. The molecule has 0 amide bonds. The van der Waals surface area contributed by atoms with E-state index in [-0.39, 0.29) is 17.7 Å². The maximum Gasteiger partial charge on any atom is 0.340 e. The van der Waals surface area contributed by atoms with Gasteiger partial charge < -0.3 is 4.74 Å². The smallest absolute Gasteiger partial charge is 0.340 e. The van der Waals surface area contributed by atoms with Crippen molar-refractivity contribution in [3.8, 4) is 17.2 Å². The zero-order valence-corrected chi connectivity index (χ0v) is 14.9. The number of ether oxygens (including phenoxy) is 1. The van der Waals surface area contributed by atoms with Crippen molar-refractivity contribution in [2.45, 2.75) is 6.92 Å². The molecule has 25 heavy (non-hydrogen) atoms. The second kappa shape index (κ2) is 6.91. The summed E-state index contributed by atoms with van der Waals surface area (Å²) in [6.07, 6.45) is 1.53. The molecule has 5 nitrogen and oxygen atoms in total. The number of esters is 1. The van der Waals surface area contributed by atoms with E-state index in [1.807, 2.05) is 6.07 Å². The van der Waals surface area contributed by atoms with Crippen LogP contribution in [0.25, 0.3) is 16.6 Å². The van der Waals surface area contributed by atoms with Crippen molar-refractivity contribution in [2.75, 3.05) is 6.61 Å². The topological polar surface area (TPSA) is 71.6 Å². The molecule has 1 aromatic carbocycles. The summed E-state index contributed by atoms with van der Waals surface area (Å²) in [6.45, 7) is 1.90. The van der Waals surface area contributed by atoms with Crippen LogP contribution in [-0.2, 0) is 4.74 Å². The van der Waals surface area contributed by atoms with E-state index in [0.717, 1.165) is 4.47 Å². The van der Waals surface area contributed by atoms with Crippen molar-refractivity contribution in [3.63, 3.8) is 0 Å². The van der Waals surface area contributed by atoms with Crippen LogP contribution in [0.1, 0.15) is 22.8 Å². The Morgan fingerprint density at radius 2 is 1.96 bits per heavy atom. The maximum atomic E-state index is 12.7. The third-order valence-electron chi connectivity index (χ3n) is 3.77. The maximum absolute atomic E-state index is 12.7. The molecule has 0 N–H and O–H groups in total. The van der Waals surface area contributed by atoms with Gasteiger partial charge in [0, 0.05) is 16.2 Å². The second-order valence-corrected chi connectivity index (χ2v) is 6.14. The molecule has 0 bridgehead atoms. The van der Waals surface area contributed by atoms with Crippen LogP contribution in [0.15, 0.2) is 57.9 Å². The highest BCUT2D eigenvalue weighted by Gasteiger charge is 2.24. The van der Waals surface area contributed by atoms with Gasteiger partial charge in [-0.25, -0.2) is 4.79 Å². The van der Waals surface area contributed by atoms with Gasteiger partial charge in [-0.2, -0.15) is 5.26 Å². The molecule has 0 saturated heterocycles. The first-order valence-corrected chi connectivity index (χ1v) is 8.38. The number of pyridine rings is 2. The van der Waals surface area contributed by atoms with Crippen molar-refractivity contribution in [1.29, 1.82) is 5.26 Å². The Kier molecular flexibility index (Phi) is 4.68. The highest BCUT2D eigenvalue weighted by molar-refractivity contribution is 9.10. The summed E-state index contributed by atoms with van der Waals surface area (Å²) < 4.78 is 7.34. The van der Waals surface area contributed by atoms with Gasteiger partial charge in [0.25, 0.3) is 5.56 Å². The summed E-state index contributed by atoms with van der Waals surface area (Å²) >= 11 is 3.36. The number of hydrogen-bond donors (Lipinski definition) is 0. The number of aromatic nitrogens is 1. The Labute approximate surface area is 152 Å². The largest absolute Gasteiger partial charge is 0.462 e. The molecule has 0 saturated carbocycles. The van der Waals surface area contributed by atoms with E-state index in [1.54, 1.807) is 49.4 Å². The van der Waals surface area contributed by atoms with E-state index in [2.05, 4.69) is 15.9 Å². The Morgan fingerprint density at radius 1 is 1.24 bits per heavy atom. The zero-order chi connectivity index (χ0) is 18.0. The van der Waals surface area contributed by atoms with Gasteiger partial charge in [0.15, 0.2) is 0 Å². The van der Waals surface area contributed by atoms with E-state index in [4.69, 9.17) is 4.74 Å². The van der Waals surface area contributed by atoms with Gasteiger partial charge in [-0.1, -0.05) is 34.1 Å². The first-order valence-electron chi connectivity index (χ1n) is 7.59. The predicted molar refractivity (Wildman–Crippen MR) is 97.5 cm³/mol. The van der Waals surface area contributed by atoms with Crippen molar-refractivity contribution < 1.29 is 9.53 Å². The lowest BCUT2D eigenvalue weighted by molar-refractivity contribution is 0.0529. The molecular formula is C19H13BrN2O3. The number of rotatable bonds is 3. The lowest BCUT2D eigenvalue weighted by Crippen LogP contribution is -2.22. The Bertz CT molecular complexity index is 1060. The van der Waals surface area contributed by atoms with Crippen LogP contribution in [0.3, 0.4) is 0 Å². The van der Waals surface area contributed by atoms with Crippen molar-refractivity contribution in [1.82, 2.24) is 4.40 Å². The van der Waals surface area contributed by atoms with E-state index < -0.39 is 11.5 Å². The molecule has 0 fully saturated rings. The number of carbonyl (C=O) groups is 1. The van der Waals surface area contributed by atoms with Gasteiger partial charge in [-0.3, -0.25) is 9.20 Å². The van der Waals surface area contributed by atoms with Gasteiger partial charge >= 0.3 is 5.97 Å². The number of fused-ring (bicyclic) bond motifs is 1. The number of nitriles is 1. The second-order valence-electron chi connectivity index (χ2n) is 5.23. The van der Waals surface area contributed by atoms with Gasteiger partial charge in [-0.05, 0) is 36.8 Å². The summed E-state index contributed by atoms with van der Waals surface area (Å²) in [7, 11) is 0. The fourth-order valence-corrected chi connectivity index (χ4v) is 2.99. The molecule has 124 valence electrons. The molecule has 0 aliphatic rings. The molecule has 0 spiro atoms. The molecule has 0 radical (unpaired) electrons. The predicted octanol–water partition coefficient (Wildman–Crippen LogP) is 3.78. The lowest BCUT2D eigenvalue weighted by Gasteiger charge is -2.14. The van der Waals surface area contributed by atoms with E-state index in [1.165, 1.54) is 10.6 Å². The van der Waals surface area contributed by atoms with Crippen LogP contribution in [0.2, 0.25) is 0 Å². The van der Waals surface area contributed by atoms with Gasteiger partial charge in [0.2, 0.25) is 0 Å². The van der Waals surface area contributed by atoms with Crippen LogP contribution >= 0.6 is 15.9 Å². The highest BCUT2D eigenvalue weighted by atomic mass is 79.9. The van der Waals surface area contributed by atoms with Crippen LogP contribution in [-0.4, -0.2) is 17.0 Å². The fourth-order valence-electron chi connectivity index (χ4n) is 2.72. The molecule has 2 aromatic heterocycles. The normalized spacial score (nSPS) is 10.4. The molecule has 2 heterocycles. The SMILES string of the molecule is CCOC(=O)c1c(-c2ccc(Br)cc2)c(C#N)c(=O)n2ccccc12. The van der Waals surface area contributed by atoms with Crippen molar-refractivity contribution >= 4 is 27.4 Å². The average molecular weight is 397 g/mol. The summed E-state index contributed by atoms with van der Waals surface area (Å²) in [4.78, 5) is 25.4. The Morgan fingerprint density at radius 3 is 2.60 bits per heavy atom. The number of nitrogens with zero attached hydrogens (tertiary/aromatic N) is 2. The molecular weight excluding hydrogens is 384 g/mol. The minimum Gasteiger partial charge on any atom is -0.462 e. The molecule has 0 unspecified atom stereocenters. The van der Waals surface area contributed by atoms with Crippen LogP contribution in [0.5, 0.6) is 0 Å². The molecule has 6 heteroatoms. The standard InChI is InChI=1S/C19H13BrN2O3/c1-2-25-19(24)17-15-5-3-4-10-22(15)18(23)14(11-21)16(17)12-6-8-13(20)9-7-12/h3-10H,2H2,1H3. The molecule has 0 atom stereocenters. The van der Waals surface area contributed by atoms with Crippen LogP contribution in [0, 0.1) is 11.3 Å². The quantitative estimate of drug-likeness (QED) is 0.631. The average Bonchev–Trinajstić information content (AvgIpc) is 2.62. The first-order chi connectivity index (χ1) is 12.1. The van der Waals surface area contributed by atoms with Crippen LogP contribution < -0.4 is 5.56 Å². The number of halogens is 1. The van der Waals surface area contributed by atoms with E-state index >= 15 is 0 Å². The summed E-state index contributed by atoms with van der Waals surface area (Å²) in [6, 6.07) is 14.1. The number of hydrogen-bond acceptors (Lipinski definition) is 4. The van der Waals surface area contributed by atoms with E-state index in [0.29, 0.717) is 16.6 Å². The fraction of sp³-hybridized carbons (Fsp3) is 0.105. The molecule has 3 rings (SSSR count). The highest BCUT2D eigenvalue weighted by Crippen LogP contribution is 2.30. The number of benzene rings is 1. The Balaban J connectivity index is 2.50. The summed E-state index contributed by atoms with van der Waals surface area (Å²) in [5.74, 6) is -0.569. The summed E-state index contributed by atoms with van der Waals surface area (Å²) in [5.41, 5.74) is 0.956. The molecule has 0 aliphatic heterocycles. The zero-order valence-electron chi connectivity index (χ0n) is 13.3. The first kappa shape index (κ1) is 16.9. The molecule has 3 aromatic rings. The van der Waals surface area contributed by atoms with Gasteiger partial charge in [0.05, 0.1) is 17.7 Å². The minimum absolute atomic E-state index is 0.0888. The monoisotopic (exact) mass is 396 g/mol. The van der Waals surface area contributed by atoms with Crippen molar-refractivity contribution in [2.24, 2.45) is 0 Å². The summed E-state index contributed by atoms with van der Waals surface area (Å²) in [5, 5.41) is 9.59. The third kappa shape index (κ3) is 2.94. The number of carbonyl (C=O) groups excluding carboxylic acids is 1. The van der Waals surface area contributed by atoms with Gasteiger partial charge in [0.1, 0.15) is 11.6 Å². The minimum atomic E-state index is -0.569. The van der Waals surface area contributed by atoms with Gasteiger partial charge in [-0.15, -0.1) is 0 Å². The lowest BCUT2D eigenvalue weighted by atomic mass is 9.95. The Hall–Kier alpha value is -2.91. The van der Waals surface area contributed by atoms with Crippen molar-refractivity contribution in [3.05, 3.63) is 74.6 Å². The van der Waals surface area contributed by atoms with Crippen LogP contribution in [0.4, 0.5) is 0 Å². The third-order valence-corrected chi connectivity index (χ3v) is 4.30. The van der Waals surface area contributed by atoms with E-state index in [9.17, 15) is 14.9 Å².